The van der Waals surface area contributed by atoms with Crippen molar-refractivity contribution in [3.8, 4) is 11.4 Å². The Bertz CT molecular complexity index is 919. The number of hydrogen-bond donors (Lipinski definition) is 1. The lowest BCUT2D eigenvalue weighted by Gasteiger charge is -2.09. The number of benzene rings is 2. The maximum Gasteiger partial charge on any atom is 0.357 e. The minimum Gasteiger partial charge on any atom is -0.464 e. The number of nitrogens with zero attached hydrogens (tertiary/aromatic N) is 2. The SMILES string of the molecule is C=Cc1c(N)nc(-c2ccc3ccccc3c2)nc1C(=O)OC. The number of ether oxygens (including phenoxy) is 1. The van der Waals surface area contributed by atoms with Crippen molar-refractivity contribution in [1.82, 2.24) is 9.97 Å². The van der Waals surface area contributed by atoms with Crippen molar-refractivity contribution in [3.05, 3.63) is 60.3 Å². The lowest BCUT2D eigenvalue weighted by Crippen LogP contribution is -2.11. The smallest absolute Gasteiger partial charge is 0.357 e. The Labute approximate surface area is 133 Å². The van der Waals surface area contributed by atoms with E-state index in [-0.39, 0.29) is 11.5 Å². The van der Waals surface area contributed by atoms with Crippen molar-refractivity contribution in [2.45, 2.75) is 0 Å². The first kappa shape index (κ1) is 14.7. The number of fused-ring (bicyclic) bond motifs is 1. The van der Waals surface area contributed by atoms with Gasteiger partial charge in [-0.2, -0.15) is 0 Å². The topological polar surface area (TPSA) is 78.1 Å². The monoisotopic (exact) mass is 305 g/mol. The molecule has 0 unspecified atom stereocenters. The van der Waals surface area contributed by atoms with E-state index in [1.165, 1.54) is 13.2 Å². The molecule has 0 aliphatic heterocycles. The number of rotatable bonds is 3. The second kappa shape index (κ2) is 5.88. The third kappa shape index (κ3) is 2.64. The maximum atomic E-state index is 11.9. The highest BCUT2D eigenvalue weighted by Gasteiger charge is 2.18. The molecule has 114 valence electrons. The molecule has 0 spiro atoms. The molecule has 0 aliphatic carbocycles. The Morgan fingerprint density at radius 3 is 2.61 bits per heavy atom. The van der Waals surface area contributed by atoms with Gasteiger partial charge < -0.3 is 10.5 Å². The summed E-state index contributed by atoms with van der Waals surface area (Å²) in [5.74, 6) is -0.00569. The molecule has 0 radical (unpaired) electrons. The zero-order valence-corrected chi connectivity index (χ0v) is 12.6. The Balaban J connectivity index is 2.20. The van der Waals surface area contributed by atoms with Gasteiger partial charge in [-0.15, -0.1) is 0 Å². The molecule has 0 saturated heterocycles. The Morgan fingerprint density at radius 2 is 1.91 bits per heavy atom. The predicted molar refractivity (Wildman–Crippen MR) is 90.8 cm³/mol. The van der Waals surface area contributed by atoms with E-state index in [1.807, 2.05) is 42.5 Å². The van der Waals surface area contributed by atoms with Gasteiger partial charge in [0.15, 0.2) is 11.5 Å². The second-order valence-electron chi connectivity index (χ2n) is 4.95. The van der Waals surface area contributed by atoms with E-state index in [0.29, 0.717) is 11.4 Å². The first-order valence-corrected chi connectivity index (χ1v) is 7.01. The summed E-state index contributed by atoms with van der Waals surface area (Å²) in [6.07, 6.45) is 1.45. The Kier molecular flexibility index (Phi) is 3.76. The van der Waals surface area contributed by atoms with Crippen molar-refractivity contribution < 1.29 is 9.53 Å². The van der Waals surface area contributed by atoms with E-state index >= 15 is 0 Å². The Hall–Kier alpha value is -3.21. The fraction of sp³-hybridized carbons (Fsp3) is 0.0556. The van der Waals surface area contributed by atoms with Crippen LogP contribution in [0.25, 0.3) is 28.2 Å². The predicted octanol–water partition coefficient (Wildman–Crippen LogP) is 3.31. The molecule has 1 aromatic heterocycles. The first-order chi connectivity index (χ1) is 11.1. The van der Waals surface area contributed by atoms with Crippen LogP contribution in [0.2, 0.25) is 0 Å². The Morgan fingerprint density at radius 1 is 1.17 bits per heavy atom. The number of nitrogen functional groups attached to an aromatic ring is 1. The van der Waals surface area contributed by atoms with Gasteiger partial charge in [-0.1, -0.05) is 49.1 Å². The van der Waals surface area contributed by atoms with E-state index in [2.05, 4.69) is 16.5 Å². The maximum absolute atomic E-state index is 11.9. The molecule has 2 N–H and O–H groups in total. The molecular formula is C18H15N3O2. The van der Waals surface area contributed by atoms with Crippen LogP contribution >= 0.6 is 0 Å². The van der Waals surface area contributed by atoms with Crippen LogP contribution in [0.1, 0.15) is 16.1 Å². The average Bonchev–Trinajstić information content (AvgIpc) is 2.59. The van der Waals surface area contributed by atoms with Gasteiger partial charge in [-0.3, -0.25) is 0 Å². The van der Waals surface area contributed by atoms with Gasteiger partial charge in [0.1, 0.15) is 5.82 Å². The summed E-state index contributed by atoms with van der Waals surface area (Å²) in [6, 6.07) is 13.8. The van der Waals surface area contributed by atoms with E-state index in [1.54, 1.807) is 0 Å². The molecule has 0 atom stereocenters. The zero-order valence-electron chi connectivity index (χ0n) is 12.6. The number of carbonyl (C=O) groups is 1. The molecule has 3 aromatic rings. The molecule has 3 rings (SSSR count). The van der Waals surface area contributed by atoms with Crippen LogP contribution in [-0.4, -0.2) is 23.0 Å². The third-order valence-corrected chi connectivity index (χ3v) is 3.57. The number of hydrogen-bond acceptors (Lipinski definition) is 5. The second-order valence-corrected chi connectivity index (χ2v) is 4.95. The minimum atomic E-state index is -0.573. The molecule has 23 heavy (non-hydrogen) atoms. The molecule has 1 heterocycles. The molecule has 5 nitrogen and oxygen atoms in total. The summed E-state index contributed by atoms with van der Waals surface area (Å²) < 4.78 is 4.76. The van der Waals surface area contributed by atoms with E-state index < -0.39 is 5.97 Å². The van der Waals surface area contributed by atoms with Gasteiger partial charge in [0.2, 0.25) is 0 Å². The highest BCUT2D eigenvalue weighted by atomic mass is 16.5. The summed E-state index contributed by atoms with van der Waals surface area (Å²) in [6.45, 7) is 3.64. The van der Waals surface area contributed by atoms with E-state index in [0.717, 1.165) is 16.3 Å². The van der Waals surface area contributed by atoms with Crippen LogP contribution in [0.4, 0.5) is 5.82 Å². The molecule has 0 saturated carbocycles. The van der Waals surface area contributed by atoms with E-state index in [4.69, 9.17) is 10.5 Å². The van der Waals surface area contributed by atoms with E-state index in [9.17, 15) is 4.79 Å². The number of nitrogens with two attached hydrogens (primary N) is 1. The van der Waals surface area contributed by atoms with Crippen LogP contribution in [-0.2, 0) is 4.74 Å². The summed E-state index contributed by atoms with van der Waals surface area (Å²) in [4.78, 5) is 20.5. The summed E-state index contributed by atoms with van der Waals surface area (Å²) in [7, 11) is 1.29. The third-order valence-electron chi connectivity index (χ3n) is 3.57. The van der Waals surface area contributed by atoms with Gasteiger partial charge in [-0.25, -0.2) is 14.8 Å². The molecular weight excluding hydrogens is 290 g/mol. The fourth-order valence-corrected chi connectivity index (χ4v) is 2.40. The van der Waals surface area contributed by atoms with Crippen molar-refractivity contribution in [3.63, 3.8) is 0 Å². The molecule has 0 aliphatic rings. The molecule has 0 bridgehead atoms. The molecule has 0 fully saturated rings. The van der Waals surface area contributed by atoms with Gasteiger partial charge >= 0.3 is 5.97 Å². The van der Waals surface area contributed by atoms with Crippen molar-refractivity contribution in [2.24, 2.45) is 0 Å². The van der Waals surface area contributed by atoms with Crippen molar-refractivity contribution >= 4 is 28.6 Å². The highest BCUT2D eigenvalue weighted by Crippen LogP contribution is 2.25. The van der Waals surface area contributed by atoms with Crippen LogP contribution < -0.4 is 5.73 Å². The summed E-state index contributed by atoms with van der Waals surface area (Å²) >= 11 is 0. The molecule has 0 amide bonds. The van der Waals surface area contributed by atoms with Gasteiger partial charge in [0.05, 0.1) is 7.11 Å². The average molecular weight is 305 g/mol. The van der Waals surface area contributed by atoms with Crippen LogP contribution in [0.5, 0.6) is 0 Å². The van der Waals surface area contributed by atoms with Crippen LogP contribution in [0.15, 0.2) is 49.0 Å². The van der Waals surface area contributed by atoms with Gasteiger partial charge in [-0.05, 0) is 16.8 Å². The standard InChI is InChI=1S/C18H15N3O2/c1-3-14-15(18(22)23-2)20-17(21-16(14)19)13-9-8-11-6-4-5-7-12(11)10-13/h3-10H,1H2,2H3,(H2,19,20,21). The highest BCUT2D eigenvalue weighted by molar-refractivity contribution is 5.94. The fourth-order valence-electron chi connectivity index (χ4n) is 2.40. The zero-order chi connectivity index (χ0) is 16.4. The van der Waals surface area contributed by atoms with Crippen LogP contribution in [0, 0.1) is 0 Å². The van der Waals surface area contributed by atoms with Gasteiger partial charge in [0, 0.05) is 11.1 Å². The normalized spacial score (nSPS) is 10.5. The minimum absolute atomic E-state index is 0.109. The number of methoxy groups -OCH3 is 1. The lowest BCUT2D eigenvalue weighted by atomic mass is 10.1. The number of aromatic nitrogens is 2. The van der Waals surface area contributed by atoms with Crippen molar-refractivity contribution in [2.75, 3.05) is 12.8 Å². The molecule has 5 heteroatoms. The lowest BCUT2D eigenvalue weighted by molar-refractivity contribution is 0.0594. The number of carbonyl (C=O) groups excluding carboxylic acids is 1. The quantitative estimate of drug-likeness (QED) is 0.751. The summed E-state index contributed by atoms with van der Waals surface area (Å²) in [5, 5.41) is 2.17. The molecule has 2 aromatic carbocycles. The van der Waals surface area contributed by atoms with Crippen LogP contribution in [0.3, 0.4) is 0 Å². The van der Waals surface area contributed by atoms with Crippen molar-refractivity contribution in [1.29, 1.82) is 0 Å². The number of esters is 1. The number of anilines is 1. The summed E-state index contributed by atoms with van der Waals surface area (Å²) in [5.41, 5.74) is 7.20. The first-order valence-electron chi connectivity index (χ1n) is 7.01. The largest absolute Gasteiger partial charge is 0.464 e. The van der Waals surface area contributed by atoms with Gasteiger partial charge in [0.25, 0.3) is 0 Å².